The number of para-hydroxylation sites is 1. The monoisotopic (exact) mass is 368 g/mol. The lowest BCUT2D eigenvalue weighted by Crippen LogP contribution is -2.27. The highest BCUT2D eigenvalue weighted by Gasteiger charge is 2.23. The van der Waals surface area contributed by atoms with Crippen LogP contribution >= 0.6 is 0 Å². The summed E-state index contributed by atoms with van der Waals surface area (Å²) < 4.78 is 10.8. The van der Waals surface area contributed by atoms with Crippen LogP contribution in [-0.2, 0) is 0 Å². The Morgan fingerprint density at radius 2 is 1.96 bits per heavy atom. The van der Waals surface area contributed by atoms with Gasteiger partial charge in [-0.2, -0.15) is 0 Å². The van der Waals surface area contributed by atoms with Gasteiger partial charge >= 0.3 is 0 Å². The molecular weight excluding hydrogens is 340 g/mol. The maximum atomic E-state index is 10.3. The van der Waals surface area contributed by atoms with E-state index in [1.807, 2.05) is 31.2 Å². The molecule has 0 saturated carbocycles. The molecule has 3 rings (SSSR count). The highest BCUT2D eigenvalue weighted by Crippen LogP contribution is 2.30. The van der Waals surface area contributed by atoms with Gasteiger partial charge in [0.2, 0.25) is 0 Å². The van der Waals surface area contributed by atoms with Gasteiger partial charge in [0.1, 0.15) is 5.75 Å². The van der Waals surface area contributed by atoms with E-state index in [0.717, 1.165) is 18.8 Å². The lowest BCUT2D eigenvalue weighted by molar-refractivity contribution is 0.251. The Morgan fingerprint density at radius 1 is 1.19 bits per heavy atom. The number of rotatable bonds is 8. The molecule has 144 valence electrons. The summed E-state index contributed by atoms with van der Waals surface area (Å²) >= 11 is 0. The maximum Gasteiger partial charge on any atom is 0.166 e. The van der Waals surface area contributed by atoms with Crippen LogP contribution in [-0.4, -0.2) is 49.6 Å². The molecule has 1 N–H and O–H groups in total. The van der Waals surface area contributed by atoms with Crippen molar-refractivity contribution in [2.45, 2.75) is 25.8 Å². The third kappa shape index (κ3) is 4.80. The summed E-state index contributed by atoms with van der Waals surface area (Å²) in [6.07, 6.45) is 4.18. The first-order chi connectivity index (χ1) is 13.2. The molecule has 1 aliphatic rings. The molecule has 1 heterocycles. The smallest absolute Gasteiger partial charge is 0.166 e. The van der Waals surface area contributed by atoms with Gasteiger partial charge < -0.3 is 14.6 Å². The molecule has 2 aromatic carbocycles. The third-order valence-corrected chi connectivity index (χ3v) is 4.90. The van der Waals surface area contributed by atoms with E-state index in [9.17, 15) is 5.11 Å². The van der Waals surface area contributed by atoms with Gasteiger partial charge in [-0.25, -0.2) is 0 Å². The molecule has 27 heavy (non-hydrogen) atoms. The van der Waals surface area contributed by atoms with Crippen LogP contribution in [0.3, 0.4) is 0 Å². The molecule has 1 atom stereocenters. The molecule has 0 spiro atoms. The predicted octanol–water partition coefficient (Wildman–Crippen LogP) is 4.06. The van der Waals surface area contributed by atoms with Crippen LogP contribution in [0.5, 0.6) is 17.2 Å². The summed E-state index contributed by atoms with van der Waals surface area (Å²) in [5.74, 6) is 1.50. The zero-order chi connectivity index (χ0) is 19.1. The van der Waals surface area contributed by atoms with Gasteiger partial charge in [0.25, 0.3) is 0 Å². The van der Waals surface area contributed by atoms with Crippen LogP contribution in [0.4, 0.5) is 0 Å². The fourth-order valence-corrected chi connectivity index (χ4v) is 3.50. The number of likely N-dealkylation sites (tertiary alicyclic amines) is 1. The van der Waals surface area contributed by atoms with Gasteiger partial charge in [0.05, 0.1) is 26.3 Å². The molecule has 2 aromatic rings. The van der Waals surface area contributed by atoms with Crippen molar-refractivity contribution in [1.82, 2.24) is 4.90 Å². The Morgan fingerprint density at radius 3 is 2.70 bits per heavy atom. The Hall–Kier alpha value is -2.53. The SMILES string of the molecule is CCOc1cccc(C=NC[C@H](c2cccc(OC)c2)N2CCCC2)c1O. The number of ether oxygens (including phenoxy) is 2. The van der Waals surface area contributed by atoms with Crippen molar-refractivity contribution in [3.8, 4) is 17.2 Å². The molecule has 0 radical (unpaired) electrons. The average molecular weight is 368 g/mol. The van der Waals surface area contributed by atoms with Crippen LogP contribution in [0.1, 0.15) is 36.9 Å². The molecule has 0 bridgehead atoms. The molecule has 1 saturated heterocycles. The second kappa shape index (κ2) is 9.42. The van der Waals surface area contributed by atoms with E-state index in [1.54, 1.807) is 19.4 Å². The van der Waals surface area contributed by atoms with Gasteiger partial charge in [-0.1, -0.05) is 18.2 Å². The van der Waals surface area contributed by atoms with Gasteiger partial charge in [-0.15, -0.1) is 0 Å². The topological polar surface area (TPSA) is 54.3 Å². The minimum absolute atomic E-state index is 0.141. The Balaban J connectivity index is 1.78. The average Bonchev–Trinajstić information content (AvgIpc) is 3.22. The second-order valence-electron chi connectivity index (χ2n) is 6.66. The lowest BCUT2D eigenvalue weighted by atomic mass is 10.1. The fourth-order valence-electron chi connectivity index (χ4n) is 3.50. The first kappa shape index (κ1) is 19.2. The van der Waals surface area contributed by atoms with E-state index in [1.165, 1.54) is 18.4 Å². The van der Waals surface area contributed by atoms with Crippen LogP contribution in [0.2, 0.25) is 0 Å². The number of aliphatic imine (C=N–C) groups is 1. The van der Waals surface area contributed by atoms with Gasteiger partial charge in [-0.3, -0.25) is 9.89 Å². The van der Waals surface area contributed by atoms with Crippen molar-refractivity contribution in [2.75, 3.05) is 33.4 Å². The normalized spacial score (nSPS) is 15.9. The number of methoxy groups -OCH3 is 1. The van der Waals surface area contributed by atoms with Crippen LogP contribution < -0.4 is 9.47 Å². The van der Waals surface area contributed by atoms with Crippen LogP contribution in [0, 0.1) is 0 Å². The molecule has 5 heteroatoms. The molecule has 0 amide bonds. The number of phenolic OH excluding ortho intramolecular Hbond substituents is 1. The molecule has 5 nitrogen and oxygen atoms in total. The number of hydrogen-bond donors (Lipinski definition) is 1. The summed E-state index contributed by atoms with van der Waals surface area (Å²) in [6, 6.07) is 13.9. The Bertz CT molecular complexity index is 770. The number of aromatic hydroxyl groups is 1. The largest absolute Gasteiger partial charge is 0.504 e. The summed E-state index contributed by atoms with van der Waals surface area (Å²) in [6.45, 7) is 5.21. The molecule has 1 aliphatic heterocycles. The summed E-state index contributed by atoms with van der Waals surface area (Å²) in [5, 5.41) is 10.3. The summed E-state index contributed by atoms with van der Waals surface area (Å²) in [5.41, 5.74) is 1.88. The fraction of sp³-hybridized carbons (Fsp3) is 0.409. The standard InChI is InChI=1S/C22H28N2O3/c1-3-27-21-11-7-9-18(22(21)25)15-23-16-20(24-12-4-5-13-24)17-8-6-10-19(14-17)26-2/h6-11,14-15,20,25H,3-5,12-13,16H2,1-2H3/t20-/m1/s1. The van der Waals surface area contributed by atoms with Gasteiger partial charge in [0, 0.05) is 11.8 Å². The van der Waals surface area contributed by atoms with Gasteiger partial charge in [-0.05, 0) is 62.7 Å². The highest BCUT2D eigenvalue weighted by molar-refractivity contribution is 5.84. The molecular formula is C22H28N2O3. The van der Waals surface area contributed by atoms with Crippen molar-refractivity contribution in [3.05, 3.63) is 53.6 Å². The molecule has 0 unspecified atom stereocenters. The van der Waals surface area contributed by atoms with E-state index >= 15 is 0 Å². The highest BCUT2D eigenvalue weighted by atomic mass is 16.5. The quantitative estimate of drug-likeness (QED) is 0.714. The van der Waals surface area contributed by atoms with Gasteiger partial charge in [0.15, 0.2) is 11.5 Å². The van der Waals surface area contributed by atoms with Crippen molar-refractivity contribution >= 4 is 6.21 Å². The van der Waals surface area contributed by atoms with Crippen LogP contribution in [0.25, 0.3) is 0 Å². The molecule has 1 fully saturated rings. The number of phenols is 1. The maximum absolute atomic E-state index is 10.3. The van der Waals surface area contributed by atoms with E-state index in [4.69, 9.17) is 9.47 Å². The van der Waals surface area contributed by atoms with E-state index in [-0.39, 0.29) is 11.8 Å². The minimum Gasteiger partial charge on any atom is -0.504 e. The first-order valence-corrected chi connectivity index (χ1v) is 9.55. The van der Waals surface area contributed by atoms with Crippen molar-refractivity contribution in [2.24, 2.45) is 4.99 Å². The van der Waals surface area contributed by atoms with Crippen molar-refractivity contribution in [3.63, 3.8) is 0 Å². The van der Waals surface area contributed by atoms with Crippen molar-refractivity contribution in [1.29, 1.82) is 0 Å². The van der Waals surface area contributed by atoms with E-state index in [0.29, 0.717) is 24.5 Å². The predicted molar refractivity (Wildman–Crippen MR) is 108 cm³/mol. The zero-order valence-corrected chi connectivity index (χ0v) is 16.1. The third-order valence-electron chi connectivity index (χ3n) is 4.90. The zero-order valence-electron chi connectivity index (χ0n) is 16.1. The number of nitrogens with zero attached hydrogens (tertiary/aromatic N) is 2. The minimum atomic E-state index is 0.141. The van der Waals surface area contributed by atoms with Crippen LogP contribution in [0.15, 0.2) is 47.5 Å². The van der Waals surface area contributed by atoms with Crippen molar-refractivity contribution < 1.29 is 14.6 Å². The summed E-state index contributed by atoms with van der Waals surface area (Å²) in [4.78, 5) is 7.13. The number of hydrogen-bond acceptors (Lipinski definition) is 5. The molecule has 0 aromatic heterocycles. The summed E-state index contributed by atoms with van der Waals surface area (Å²) in [7, 11) is 1.69. The number of benzene rings is 2. The Kier molecular flexibility index (Phi) is 6.71. The first-order valence-electron chi connectivity index (χ1n) is 9.55. The Labute approximate surface area is 161 Å². The van der Waals surface area contributed by atoms with E-state index in [2.05, 4.69) is 22.0 Å². The second-order valence-corrected chi connectivity index (χ2v) is 6.66. The van der Waals surface area contributed by atoms with E-state index < -0.39 is 0 Å². The molecule has 0 aliphatic carbocycles. The lowest BCUT2D eigenvalue weighted by Gasteiger charge is -2.26.